The van der Waals surface area contributed by atoms with Crippen LogP contribution in [0.25, 0.3) is 22.9 Å². The van der Waals surface area contributed by atoms with Crippen LogP contribution in [0.3, 0.4) is 0 Å². The fraction of sp³-hybridized carbons (Fsp3) is 0.560. The number of alkyl carbamates (subject to hydrolysis) is 3. The minimum atomic E-state index is -0.849. The molecule has 0 saturated heterocycles. The summed E-state index contributed by atoms with van der Waals surface area (Å²) in [6, 6.07) is 22.4. The van der Waals surface area contributed by atoms with Crippen molar-refractivity contribution in [2.75, 3.05) is 127 Å². The highest BCUT2D eigenvalue weighted by molar-refractivity contribution is 5.95. The van der Waals surface area contributed by atoms with Gasteiger partial charge in [-0.25, -0.2) is 31.3 Å². The molecule has 628 valence electrons. The Kier molecular flexibility index (Phi) is 43.7. The molecule has 0 aliphatic carbocycles. The largest absolute Gasteiger partial charge is 0.490 e. The minimum absolute atomic E-state index is 0. The van der Waals surface area contributed by atoms with Crippen LogP contribution in [-0.2, 0) is 44.4 Å². The molecular formula is C75H120Cl2N16O19. The van der Waals surface area contributed by atoms with E-state index in [2.05, 4.69) is 76.7 Å². The number of aliphatic hydroxyl groups is 1. The first-order chi connectivity index (χ1) is 51.8. The molecule has 4 aromatic carbocycles. The predicted molar refractivity (Wildman–Crippen MR) is 428 cm³/mol. The van der Waals surface area contributed by atoms with E-state index in [1.54, 1.807) is 45.9 Å². The average Bonchev–Trinajstić information content (AvgIpc) is 1.72. The van der Waals surface area contributed by atoms with Gasteiger partial charge in [-0.05, 0) is 169 Å². The third kappa shape index (κ3) is 35.2. The Morgan fingerprint density at radius 2 is 0.839 bits per heavy atom. The second-order valence-corrected chi connectivity index (χ2v) is 28.0. The van der Waals surface area contributed by atoms with Gasteiger partial charge < -0.3 is 103 Å². The van der Waals surface area contributed by atoms with E-state index in [-0.39, 0.29) is 69.8 Å². The number of aliphatic hydroxyl groups excluding tert-OH is 1. The molecule has 4 aliphatic rings. The summed E-state index contributed by atoms with van der Waals surface area (Å²) in [5.41, 5.74) is 23.6. The van der Waals surface area contributed by atoms with Gasteiger partial charge in [-0.15, -0.1) is 45.2 Å². The maximum absolute atomic E-state index is 12.0. The lowest BCUT2D eigenvalue weighted by atomic mass is 10.1. The lowest BCUT2D eigenvalue weighted by Crippen LogP contribution is -2.46. The SMILES string of the molecule is CCO.CCOC(C)(OCC)OCC.CCc1ccc2c(c1)OC[C@H](NC(=O)OC(C)(C)C)CN2C.CN1C[C@@H](NC(=O)OC(C)(C)C)COc2cc(C(=O)NN)ccc21.Cc1nnc(-c2ccc3c(c2)OC[C@H](N)CN3C)o1.Cc1nnc(-c2ccc3c(c2)OC[C@H](NC(=O)OC(C)(C)C)CN3C)o1.Cl.Cl.N=N.O=C=O.[HH]. The third-order valence-electron chi connectivity index (χ3n) is 15.0. The molecule has 10 rings (SSSR count). The van der Waals surface area contributed by atoms with E-state index in [1.165, 1.54) is 5.56 Å². The number of carbonyl (C=O) groups is 4. The van der Waals surface area contributed by atoms with E-state index in [4.69, 9.17) is 93.5 Å². The number of likely N-dealkylation sites (N-methyl/N-ethyl adjacent to an activating group) is 4. The Labute approximate surface area is 670 Å². The van der Waals surface area contributed by atoms with Gasteiger partial charge in [0.2, 0.25) is 23.6 Å². The van der Waals surface area contributed by atoms with Gasteiger partial charge in [0.15, 0.2) is 0 Å². The third-order valence-corrected chi connectivity index (χ3v) is 15.0. The normalized spacial score (nSPS) is 15.8. The number of nitrogen functional groups attached to an aromatic ring is 1. The smallest absolute Gasteiger partial charge is 0.408 e. The zero-order chi connectivity index (χ0) is 82.7. The van der Waals surface area contributed by atoms with Crippen LogP contribution in [0.1, 0.15) is 133 Å². The van der Waals surface area contributed by atoms with E-state index >= 15 is 0 Å². The first-order valence-electron chi connectivity index (χ1n) is 35.9. The summed E-state index contributed by atoms with van der Waals surface area (Å²) in [5.74, 6) is 8.85. The van der Waals surface area contributed by atoms with Crippen LogP contribution in [0.4, 0.5) is 37.1 Å². The number of rotatable bonds is 13. The number of hydrazine groups is 1. The molecule has 6 heterocycles. The van der Waals surface area contributed by atoms with Crippen LogP contribution in [0, 0.1) is 24.9 Å². The van der Waals surface area contributed by atoms with Crippen LogP contribution >= 0.6 is 24.8 Å². The summed E-state index contributed by atoms with van der Waals surface area (Å²) in [7, 11) is 7.85. The summed E-state index contributed by atoms with van der Waals surface area (Å²) in [5, 5.41) is 31.8. The number of nitrogens with zero attached hydrogens (tertiary/aromatic N) is 8. The number of anilines is 4. The molecule has 0 bridgehead atoms. The summed E-state index contributed by atoms with van der Waals surface area (Å²) in [6.07, 6.45) is -0.124. The van der Waals surface area contributed by atoms with Crippen molar-refractivity contribution in [3.8, 4) is 45.9 Å². The highest BCUT2D eigenvalue weighted by atomic mass is 35.5. The quantitative estimate of drug-likeness (QED) is 0.0129. The summed E-state index contributed by atoms with van der Waals surface area (Å²) < 4.78 is 65.9. The number of nitrogens with two attached hydrogens (primary N) is 2. The number of amides is 4. The molecule has 2 aromatic heterocycles. The van der Waals surface area contributed by atoms with Gasteiger partial charge in [-0.3, -0.25) is 10.2 Å². The molecule has 0 spiro atoms. The summed E-state index contributed by atoms with van der Waals surface area (Å²) in [4.78, 5) is 71.9. The van der Waals surface area contributed by atoms with Crippen molar-refractivity contribution < 1.29 is 91.5 Å². The van der Waals surface area contributed by atoms with Gasteiger partial charge in [-0.1, -0.05) is 13.0 Å². The first-order valence-corrected chi connectivity index (χ1v) is 35.9. The van der Waals surface area contributed by atoms with Crippen LogP contribution < -0.4 is 71.5 Å². The van der Waals surface area contributed by atoms with E-state index in [9.17, 15) is 19.2 Å². The van der Waals surface area contributed by atoms with Gasteiger partial charge in [-0.2, -0.15) is 9.59 Å². The molecular weight excluding hydrogens is 1500 g/mol. The van der Waals surface area contributed by atoms with Gasteiger partial charge in [0.05, 0.1) is 46.9 Å². The minimum Gasteiger partial charge on any atom is -0.490 e. The fourth-order valence-electron chi connectivity index (χ4n) is 10.7. The Morgan fingerprint density at radius 3 is 1.15 bits per heavy atom. The molecule has 0 unspecified atom stereocenters. The van der Waals surface area contributed by atoms with Crippen molar-refractivity contribution in [2.24, 2.45) is 11.6 Å². The molecule has 0 radical (unpaired) electrons. The summed E-state index contributed by atoms with van der Waals surface area (Å²) in [6.45, 7) is 37.5. The van der Waals surface area contributed by atoms with Crippen LogP contribution in [-0.4, -0.2) is 210 Å². The van der Waals surface area contributed by atoms with Crippen molar-refractivity contribution >= 4 is 77.9 Å². The van der Waals surface area contributed by atoms with Crippen molar-refractivity contribution in [2.45, 2.75) is 171 Å². The highest BCUT2D eigenvalue weighted by Gasteiger charge is 2.30. The van der Waals surface area contributed by atoms with Crippen molar-refractivity contribution in [3.63, 3.8) is 0 Å². The van der Waals surface area contributed by atoms with E-state index in [0.717, 1.165) is 58.3 Å². The van der Waals surface area contributed by atoms with Gasteiger partial charge >= 0.3 is 24.4 Å². The molecule has 112 heavy (non-hydrogen) atoms. The molecule has 35 nitrogen and oxygen atoms in total. The lowest BCUT2D eigenvalue weighted by molar-refractivity contribution is -0.365. The Balaban J connectivity index is 0.00000137. The number of halogens is 2. The zero-order valence-electron chi connectivity index (χ0n) is 68.3. The van der Waals surface area contributed by atoms with Crippen molar-refractivity contribution in [3.05, 3.63) is 95.7 Å². The molecule has 4 amide bonds. The number of hydrogen-bond donors (Lipinski definition) is 9. The van der Waals surface area contributed by atoms with E-state index in [1.807, 2.05) is 157 Å². The van der Waals surface area contributed by atoms with Gasteiger partial charge in [0.1, 0.15) is 66.2 Å². The van der Waals surface area contributed by atoms with E-state index in [0.29, 0.717) is 99.9 Å². The van der Waals surface area contributed by atoms with Gasteiger partial charge in [0.25, 0.3) is 11.9 Å². The standard InChI is InChI=1S/C18H24N4O4.C17H26N2O3.C16H24N4O4.C13H16N4O2.C8H18O3.C2H6O.CO2.2ClH.H2N2.H2/c1-11-20-21-16(25-11)12-6-7-14-15(8-12)24-10-13(9-22(14)5)19-17(23)26-18(2,3)4;1-6-12-7-8-14-15(9-12)21-11-13(10-19(14)5)18-16(20)22-17(2,3)4;1-16(2,3)24-15(22)18-11-8-20(4)12-6-5-10(14(21)19-17)7-13(12)23-9-11;1-8-15-16-13(19-8)9-3-4-11-12(5-9)18-7-10(14)6-17(11)2;1-5-9-8(4,10-6-2)11-7-3;1-2-3;2-1-3;;;1-2;/h6-8,13H,9-10H2,1-5H3,(H,19,23);7-9,13H,6,10-11H2,1-5H3,(H,18,20);5-7,11H,8-9,17H2,1-4H3,(H,18,22)(H,19,21);3-5,10H,6-7,14H2,1-2H3;5-7H2,1-4H3;3H,2H2,1H3;;2*1H;1-2H;1H/t2*13-;11-;10-;;;;;;;/m1111......./s1. The van der Waals surface area contributed by atoms with Crippen LogP contribution in [0.2, 0.25) is 0 Å². The maximum atomic E-state index is 12.0. The molecule has 11 N–H and O–H groups in total. The van der Waals surface area contributed by atoms with Crippen molar-refractivity contribution in [1.29, 1.82) is 11.1 Å². The average molecular weight is 1620 g/mol. The lowest BCUT2D eigenvalue weighted by Gasteiger charge is -2.27. The number of nitrogens with one attached hydrogen (secondary N) is 6. The molecule has 37 heteroatoms. The molecule has 0 fully saturated rings. The number of carbonyl (C=O) groups excluding carboxylic acids is 6. The number of aryl methyl sites for hydroxylation is 3. The second kappa shape index (κ2) is 48.8. The molecule has 0 saturated carbocycles. The topological polar surface area (TPSA) is 454 Å². The zero-order valence-corrected chi connectivity index (χ0v) is 69.9. The predicted octanol–water partition coefficient (Wildman–Crippen LogP) is 10.8. The van der Waals surface area contributed by atoms with Gasteiger partial charge in [0, 0.05) is 120 Å². The highest BCUT2D eigenvalue weighted by Crippen LogP contribution is 2.37. The monoisotopic (exact) mass is 1620 g/mol. The Morgan fingerprint density at radius 1 is 0.527 bits per heavy atom. The van der Waals surface area contributed by atoms with Crippen LogP contribution in [0.5, 0.6) is 23.0 Å². The maximum Gasteiger partial charge on any atom is 0.408 e. The second-order valence-electron chi connectivity index (χ2n) is 28.0. The molecule has 6 aromatic rings. The summed E-state index contributed by atoms with van der Waals surface area (Å²) >= 11 is 0. The van der Waals surface area contributed by atoms with E-state index < -0.39 is 47.0 Å². The Bertz CT molecular complexity index is 3840. The first kappa shape index (κ1) is 100. The number of aromatic nitrogens is 4. The molecule has 4 atom stereocenters. The van der Waals surface area contributed by atoms with Crippen molar-refractivity contribution in [1.82, 2.24) is 41.8 Å². The number of hydrogen-bond acceptors (Lipinski definition) is 31. The molecule has 4 aliphatic heterocycles. The number of benzene rings is 4. The number of ether oxygens (including phenoxy) is 10. The fourth-order valence-corrected chi connectivity index (χ4v) is 10.7. The number of fused-ring (bicyclic) bond motifs is 4. The van der Waals surface area contributed by atoms with Crippen LogP contribution in [0.15, 0.2) is 81.6 Å². The Hall–Kier alpha value is -9.84.